The van der Waals surface area contributed by atoms with Gasteiger partial charge in [0.05, 0.1) is 0 Å². The van der Waals surface area contributed by atoms with Crippen molar-refractivity contribution >= 4 is 5.91 Å². The van der Waals surface area contributed by atoms with E-state index in [1.54, 1.807) is 0 Å². The Morgan fingerprint density at radius 2 is 2.08 bits per heavy atom. The zero-order chi connectivity index (χ0) is 16.8. The number of nitrogens with zero attached hydrogens (tertiary/aromatic N) is 1. The topological polar surface area (TPSA) is 73.6 Å². The second kappa shape index (κ2) is 7.64. The van der Waals surface area contributed by atoms with Gasteiger partial charge in [0.25, 0.3) is 0 Å². The lowest BCUT2D eigenvalue weighted by Crippen LogP contribution is -2.25. The summed E-state index contributed by atoms with van der Waals surface area (Å²) in [5.41, 5.74) is 4.28. The van der Waals surface area contributed by atoms with E-state index < -0.39 is 0 Å². The Morgan fingerprint density at radius 3 is 2.88 bits per heavy atom. The van der Waals surface area contributed by atoms with E-state index in [4.69, 9.17) is 0 Å². The molecule has 2 aromatic heterocycles. The van der Waals surface area contributed by atoms with Crippen molar-refractivity contribution < 1.29 is 4.79 Å². The number of hydrogen-bond acceptors (Lipinski definition) is 2. The predicted molar refractivity (Wildman–Crippen MR) is 95.4 cm³/mol. The smallest absolute Gasteiger partial charge is 0.219 e. The first-order valence-corrected chi connectivity index (χ1v) is 8.31. The van der Waals surface area contributed by atoms with Crippen LogP contribution in [0.3, 0.4) is 0 Å². The van der Waals surface area contributed by atoms with Gasteiger partial charge in [0.2, 0.25) is 5.91 Å². The molecule has 124 valence electrons. The second-order valence-electron chi connectivity index (χ2n) is 5.77. The molecule has 0 unspecified atom stereocenters. The minimum atomic E-state index is 0.107. The molecule has 0 fully saturated rings. The van der Waals surface area contributed by atoms with Gasteiger partial charge in [-0.05, 0) is 30.2 Å². The van der Waals surface area contributed by atoms with Crippen LogP contribution < -0.4 is 5.32 Å². The molecular weight excluding hydrogens is 300 g/mol. The molecule has 0 saturated carbocycles. The van der Waals surface area contributed by atoms with Crippen molar-refractivity contribution in [3.8, 4) is 22.6 Å². The Hall–Kier alpha value is -2.82. The Labute approximate surface area is 141 Å². The standard InChI is InChI=1S/C19H22N4O/c1-2-5-18(24)21-11-9-16-13-22-19(23-16)15-7-3-6-14(12-15)17-8-4-10-20-17/h3-4,6-8,10,12-13,20H,2,5,9,11H2,1H3,(H,21,24)(H,22,23). The number of benzene rings is 1. The first-order valence-electron chi connectivity index (χ1n) is 8.31. The SMILES string of the molecule is CCCC(=O)NCCc1cnc(-c2cccc(-c3ccc[nH]3)c2)[nH]1. The van der Waals surface area contributed by atoms with Crippen molar-refractivity contribution in [3.63, 3.8) is 0 Å². The normalized spacial score (nSPS) is 10.7. The van der Waals surface area contributed by atoms with Gasteiger partial charge >= 0.3 is 0 Å². The van der Waals surface area contributed by atoms with Crippen LogP contribution in [0.5, 0.6) is 0 Å². The summed E-state index contributed by atoms with van der Waals surface area (Å²) >= 11 is 0. The lowest BCUT2D eigenvalue weighted by atomic mass is 10.1. The molecule has 24 heavy (non-hydrogen) atoms. The number of nitrogens with one attached hydrogen (secondary N) is 3. The number of hydrogen-bond donors (Lipinski definition) is 3. The fraction of sp³-hybridized carbons (Fsp3) is 0.263. The molecule has 1 aromatic carbocycles. The van der Waals surface area contributed by atoms with Gasteiger partial charge in [-0.15, -0.1) is 0 Å². The summed E-state index contributed by atoms with van der Waals surface area (Å²) in [6.07, 6.45) is 5.96. The molecule has 2 heterocycles. The Kier molecular flexibility index (Phi) is 5.11. The third kappa shape index (κ3) is 3.93. The Morgan fingerprint density at radius 1 is 1.21 bits per heavy atom. The third-order valence-corrected chi connectivity index (χ3v) is 3.87. The van der Waals surface area contributed by atoms with Gasteiger partial charge in [-0.25, -0.2) is 4.98 Å². The lowest BCUT2D eigenvalue weighted by molar-refractivity contribution is -0.121. The highest BCUT2D eigenvalue weighted by Crippen LogP contribution is 2.23. The Balaban J connectivity index is 1.65. The highest BCUT2D eigenvalue weighted by Gasteiger charge is 2.06. The first-order chi connectivity index (χ1) is 11.8. The Bertz CT molecular complexity index is 789. The molecule has 5 nitrogen and oxygen atoms in total. The predicted octanol–water partition coefficient (Wildman–Crippen LogP) is 3.53. The van der Waals surface area contributed by atoms with Crippen molar-refractivity contribution in [2.75, 3.05) is 6.54 Å². The van der Waals surface area contributed by atoms with E-state index in [-0.39, 0.29) is 5.91 Å². The van der Waals surface area contributed by atoms with Gasteiger partial charge in [0.15, 0.2) is 0 Å². The van der Waals surface area contributed by atoms with Crippen LogP contribution in [0, 0.1) is 0 Å². The molecular formula is C19H22N4O. The third-order valence-electron chi connectivity index (χ3n) is 3.87. The molecule has 5 heteroatoms. The van der Waals surface area contributed by atoms with E-state index >= 15 is 0 Å². The molecule has 0 bridgehead atoms. The van der Waals surface area contributed by atoms with Crippen molar-refractivity contribution in [1.82, 2.24) is 20.3 Å². The monoisotopic (exact) mass is 322 g/mol. The summed E-state index contributed by atoms with van der Waals surface area (Å²) in [5, 5.41) is 2.92. The summed E-state index contributed by atoms with van der Waals surface area (Å²) in [6.45, 7) is 2.63. The minimum Gasteiger partial charge on any atom is -0.361 e. The molecule has 3 aromatic rings. The highest BCUT2D eigenvalue weighted by molar-refractivity contribution is 5.75. The largest absolute Gasteiger partial charge is 0.361 e. The van der Waals surface area contributed by atoms with Gasteiger partial charge in [0.1, 0.15) is 5.82 Å². The van der Waals surface area contributed by atoms with E-state index in [0.29, 0.717) is 13.0 Å². The van der Waals surface area contributed by atoms with Crippen LogP contribution in [0.25, 0.3) is 22.6 Å². The van der Waals surface area contributed by atoms with E-state index in [1.807, 2.05) is 43.6 Å². The van der Waals surface area contributed by atoms with Crippen LogP contribution in [-0.4, -0.2) is 27.4 Å². The van der Waals surface area contributed by atoms with Crippen molar-refractivity contribution in [1.29, 1.82) is 0 Å². The minimum absolute atomic E-state index is 0.107. The van der Waals surface area contributed by atoms with Crippen LogP contribution in [0.1, 0.15) is 25.5 Å². The van der Waals surface area contributed by atoms with Gasteiger partial charge < -0.3 is 15.3 Å². The maximum absolute atomic E-state index is 11.5. The van der Waals surface area contributed by atoms with Gasteiger partial charge in [0, 0.05) is 48.7 Å². The maximum Gasteiger partial charge on any atom is 0.219 e. The molecule has 0 saturated heterocycles. The van der Waals surface area contributed by atoms with Crippen molar-refractivity contribution in [3.05, 3.63) is 54.5 Å². The molecule has 0 aliphatic carbocycles. The average Bonchev–Trinajstić information content (AvgIpc) is 3.27. The average molecular weight is 322 g/mol. The number of imidazole rings is 1. The van der Waals surface area contributed by atoms with Crippen LogP contribution in [0.4, 0.5) is 0 Å². The van der Waals surface area contributed by atoms with E-state index in [0.717, 1.165) is 41.2 Å². The fourth-order valence-corrected chi connectivity index (χ4v) is 2.63. The number of aromatic amines is 2. The summed E-state index contributed by atoms with van der Waals surface area (Å²) in [7, 11) is 0. The van der Waals surface area contributed by atoms with E-state index in [9.17, 15) is 4.79 Å². The van der Waals surface area contributed by atoms with E-state index in [1.165, 1.54) is 0 Å². The maximum atomic E-state index is 11.5. The van der Waals surface area contributed by atoms with Crippen molar-refractivity contribution in [2.24, 2.45) is 0 Å². The van der Waals surface area contributed by atoms with Crippen LogP contribution >= 0.6 is 0 Å². The number of H-pyrrole nitrogens is 2. The molecule has 3 N–H and O–H groups in total. The van der Waals surface area contributed by atoms with Gasteiger partial charge in [-0.2, -0.15) is 0 Å². The molecule has 0 spiro atoms. The molecule has 0 atom stereocenters. The molecule has 1 amide bonds. The number of carbonyl (C=O) groups is 1. The second-order valence-corrected chi connectivity index (χ2v) is 5.77. The quantitative estimate of drug-likeness (QED) is 0.622. The highest BCUT2D eigenvalue weighted by atomic mass is 16.1. The summed E-state index contributed by atoms with van der Waals surface area (Å²) in [4.78, 5) is 22.5. The van der Waals surface area contributed by atoms with Gasteiger partial charge in [-0.1, -0.05) is 25.1 Å². The number of aromatic nitrogens is 3. The summed E-state index contributed by atoms with van der Waals surface area (Å²) in [5.74, 6) is 0.953. The van der Waals surface area contributed by atoms with E-state index in [2.05, 4.69) is 32.4 Å². The fourth-order valence-electron chi connectivity index (χ4n) is 2.63. The molecule has 0 aliphatic rings. The summed E-state index contributed by atoms with van der Waals surface area (Å²) < 4.78 is 0. The lowest BCUT2D eigenvalue weighted by Gasteiger charge is -2.03. The van der Waals surface area contributed by atoms with Gasteiger partial charge in [-0.3, -0.25) is 4.79 Å². The first kappa shape index (κ1) is 16.1. The zero-order valence-electron chi connectivity index (χ0n) is 13.8. The van der Waals surface area contributed by atoms with Crippen LogP contribution in [0.15, 0.2) is 48.8 Å². The van der Waals surface area contributed by atoms with Crippen LogP contribution in [0.2, 0.25) is 0 Å². The zero-order valence-corrected chi connectivity index (χ0v) is 13.8. The van der Waals surface area contributed by atoms with Crippen molar-refractivity contribution in [2.45, 2.75) is 26.2 Å². The molecule has 0 aliphatic heterocycles. The molecule has 3 rings (SSSR count). The number of carbonyl (C=O) groups excluding carboxylic acids is 1. The van der Waals surface area contributed by atoms with Crippen LogP contribution in [-0.2, 0) is 11.2 Å². The summed E-state index contributed by atoms with van der Waals surface area (Å²) in [6, 6.07) is 12.3. The number of amides is 1. The molecule has 0 radical (unpaired) electrons. The number of rotatable bonds is 7.